The van der Waals surface area contributed by atoms with E-state index in [4.69, 9.17) is 12.2 Å². The van der Waals surface area contributed by atoms with Gasteiger partial charge in [0.05, 0.1) is 11.0 Å². The lowest BCUT2D eigenvalue weighted by Crippen LogP contribution is -2.40. The Kier molecular flexibility index (Phi) is 3.94. The first kappa shape index (κ1) is 14.7. The van der Waals surface area contributed by atoms with Crippen LogP contribution in [0.25, 0.3) is 11.0 Å². The molecule has 20 heavy (non-hydrogen) atoms. The molecule has 1 heterocycles. The fraction of sp³-hybridized carbons (Fsp3) is 0.429. The van der Waals surface area contributed by atoms with Crippen LogP contribution in [-0.4, -0.2) is 21.0 Å². The maximum absolute atomic E-state index is 13.2. The van der Waals surface area contributed by atoms with Crippen molar-refractivity contribution in [1.29, 1.82) is 0 Å². The molecule has 1 amide bonds. The molecule has 0 saturated heterocycles. The summed E-state index contributed by atoms with van der Waals surface area (Å²) in [6.07, 6.45) is 0.329. The minimum absolute atomic E-state index is 0.0316. The van der Waals surface area contributed by atoms with E-state index in [9.17, 15) is 9.18 Å². The standard InChI is InChI=1S/C14H18FN3OS/c1-14(2,3)17-12(19)6-7-18-11-5-4-9(15)8-10(11)16-13(18)20/h4-5,8H,6-7H2,1-3H3,(H,16,20)(H,17,19). The van der Waals surface area contributed by atoms with Gasteiger partial charge in [0.1, 0.15) is 5.82 Å². The molecule has 2 aromatic rings. The topological polar surface area (TPSA) is 49.8 Å². The van der Waals surface area contributed by atoms with Crippen LogP contribution >= 0.6 is 12.2 Å². The average molecular weight is 295 g/mol. The zero-order valence-electron chi connectivity index (χ0n) is 11.8. The number of benzene rings is 1. The Morgan fingerprint density at radius 1 is 1.45 bits per heavy atom. The SMILES string of the molecule is CC(C)(C)NC(=O)CCn1c(=S)[nH]c2cc(F)ccc21. The van der Waals surface area contributed by atoms with E-state index in [0.717, 1.165) is 5.52 Å². The maximum Gasteiger partial charge on any atom is 0.222 e. The normalized spacial score (nSPS) is 11.8. The van der Waals surface area contributed by atoms with E-state index in [1.54, 1.807) is 6.07 Å². The van der Waals surface area contributed by atoms with Crippen LogP contribution in [0.15, 0.2) is 18.2 Å². The summed E-state index contributed by atoms with van der Waals surface area (Å²) in [5.41, 5.74) is 1.20. The number of hydrogen-bond donors (Lipinski definition) is 2. The molecule has 0 spiro atoms. The second kappa shape index (κ2) is 5.36. The zero-order valence-corrected chi connectivity index (χ0v) is 12.6. The number of H-pyrrole nitrogens is 1. The first-order valence-electron chi connectivity index (χ1n) is 6.45. The van der Waals surface area contributed by atoms with Crippen molar-refractivity contribution in [2.75, 3.05) is 0 Å². The number of fused-ring (bicyclic) bond motifs is 1. The van der Waals surface area contributed by atoms with Gasteiger partial charge in [0.25, 0.3) is 0 Å². The highest BCUT2D eigenvalue weighted by molar-refractivity contribution is 7.71. The van der Waals surface area contributed by atoms with Crippen LogP contribution in [0.5, 0.6) is 0 Å². The lowest BCUT2D eigenvalue weighted by atomic mass is 10.1. The van der Waals surface area contributed by atoms with Crippen LogP contribution in [0, 0.1) is 10.6 Å². The van der Waals surface area contributed by atoms with E-state index in [2.05, 4.69) is 10.3 Å². The number of nitrogens with zero attached hydrogens (tertiary/aromatic N) is 1. The lowest BCUT2D eigenvalue weighted by Gasteiger charge is -2.20. The molecular formula is C14H18FN3OS. The van der Waals surface area contributed by atoms with Gasteiger partial charge in [-0.25, -0.2) is 4.39 Å². The van der Waals surface area contributed by atoms with Crippen LogP contribution in [0.4, 0.5) is 4.39 Å². The van der Waals surface area contributed by atoms with Gasteiger partial charge in [-0.05, 0) is 51.2 Å². The summed E-state index contributed by atoms with van der Waals surface area (Å²) < 4.78 is 15.5. The maximum atomic E-state index is 13.2. The number of aryl methyl sites for hydroxylation is 1. The smallest absolute Gasteiger partial charge is 0.222 e. The molecule has 108 valence electrons. The van der Waals surface area contributed by atoms with E-state index in [0.29, 0.717) is 23.3 Å². The second-order valence-electron chi connectivity index (χ2n) is 5.79. The van der Waals surface area contributed by atoms with Gasteiger partial charge in [-0.2, -0.15) is 0 Å². The molecule has 4 nitrogen and oxygen atoms in total. The van der Waals surface area contributed by atoms with E-state index in [1.807, 2.05) is 25.3 Å². The Bertz CT molecular complexity index is 696. The largest absolute Gasteiger partial charge is 0.351 e. The molecule has 0 aliphatic carbocycles. The molecule has 1 aromatic heterocycles. The minimum Gasteiger partial charge on any atom is -0.351 e. The fourth-order valence-electron chi connectivity index (χ4n) is 2.05. The van der Waals surface area contributed by atoms with Crippen molar-refractivity contribution in [1.82, 2.24) is 14.9 Å². The van der Waals surface area contributed by atoms with Crippen molar-refractivity contribution < 1.29 is 9.18 Å². The van der Waals surface area contributed by atoms with E-state index >= 15 is 0 Å². The molecule has 1 aromatic carbocycles. The molecule has 0 atom stereocenters. The highest BCUT2D eigenvalue weighted by Crippen LogP contribution is 2.16. The molecule has 2 rings (SSSR count). The summed E-state index contributed by atoms with van der Waals surface area (Å²) in [5.74, 6) is -0.345. The average Bonchev–Trinajstić information content (AvgIpc) is 2.59. The van der Waals surface area contributed by atoms with Crippen LogP contribution in [-0.2, 0) is 11.3 Å². The number of imidazole rings is 1. The molecule has 0 aliphatic rings. The fourth-order valence-corrected chi connectivity index (χ4v) is 2.35. The van der Waals surface area contributed by atoms with Crippen LogP contribution in [0.3, 0.4) is 0 Å². The first-order chi connectivity index (χ1) is 9.26. The van der Waals surface area contributed by atoms with Crippen LogP contribution in [0.1, 0.15) is 27.2 Å². The third-order valence-corrected chi connectivity index (χ3v) is 3.14. The van der Waals surface area contributed by atoms with Gasteiger partial charge in [0.2, 0.25) is 5.91 Å². The van der Waals surface area contributed by atoms with Gasteiger partial charge >= 0.3 is 0 Å². The number of nitrogens with one attached hydrogen (secondary N) is 2. The van der Waals surface area contributed by atoms with Gasteiger partial charge in [0.15, 0.2) is 4.77 Å². The molecule has 0 aliphatic heterocycles. The minimum atomic E-state index is -0.314. The van der Waals surface area contributed by atoms with Crippen molar-refractivity contribution in [2.24, 2.45) is 0 Å². The molecule has 0 fully saturated rings. The van der Waals surface area contributed by atoms with Crippen LogP contribution in [0.2, 0.25) is 0 Å². The lowest BCUT2D eigenvalue weighted by molar-refractivity contribution is -0.122. The number of hydrogen-bond acceptors (Lipinski definition) is 2. The first-order valence-corrected chi connectivity index (χ1v) is 6.86. The third kappa shape index (κ3) is 3.45. The third-order valence-electron chi connectivity index (χ3n) is 2.81. The highest BCUT2D eigenvalue weighted by Gasteiger charge is 2.14. The Morgan fingerprint density at radius 3 is 2.80 bits per heavy atom. The van der Waals surface area contributed by atoms with Gasteiger partial charge < -0.3 is 14.9 Å². The predicted molar refractivity (Wildman–Crippen MR) is 79.6 cm³/mol. The predicted octanol–water partition coefficient (Wildman–Crippen LogP) is 3.14. The number of rotatable bonds is 3. The van der Waals surface area contributed by atoms with Crippen molar-refractivity contribution in [3.63, 3.8) is 0 Å². The van der Waals surface area contributed by atoms with E-state index < -0.39 is 0 Å². The van der Waals surface area contributed by atoms with Gasteiger partial charge in [-0.3, -0.25) is 4.79 Å². The molecular weight excluding hydrogens is 277 g/mol. The number of carbonyl (C=O) groups excluding carboxylic acids is 1. The van der Waals surface area contributed by atoms with Gasteiger partial charge in [-0.1, -0.05) is 0 Å². The highest BCUT2D eigenvalue weighted by atomic mass is 32.1. The summed E-state index contributed by atoms with van der Waals surface area (Å²) in [4.78, 5) is 14.8. The van der Waals surface area contributed by atoms with Gasteiger partial charge in [0, 0.05) is 18.5 Å². The summed E-state index contributed by atoms with van der Waals surface area (Å²) in [6, 6.07) is 4.45. The van der Waals surface area contributed by atoms with Crippen molar-refractivity contribution >= 4 is 29.2 Å². The Labute approximate surface area is 122 Å². The molecule has 0 bridgehead atoms. The molecule has 0 unspecified atom stereocenters. The summed E-state index contributed by atoms with van der Waals surface area (Å²) >= 11 is 5.21. The van der Waals surface area contributed by atoms with E-state index in [1.165, 1.54) is 12.1 Å². The quantitative estimate of drug-likeness (QED) is 0.855. The number of amides is 1. The monoisotopic (exact) mass is 295 g/mol. The van der Waals surface area contributed by atoms with Crippen molar-refractivity contribution in [3.8, 4) is 0 Å². The molecule has 0 radical (unpaired) electrons. The zero-order chi connectivity index (χ0) is 14.9. The number of halogens is 1. The second-order valence-corrected chi connectivity index (χ2v) is 6.18. The summed E-state index contributed by atoms with van der Waals surface area (Å²) in [6.45, 7) is 6.27. The Morgan fingerprint density at radius 2 is 2.15 bits per heavy atom. The Hall–Kier alpha value is -1.69. The molecule has 6 heteroatoms. The van der Waals surface area contributed by atoms with Crippen molar-refractivity contribution in [3.05, 3.63) is 28.8 Å². The van der Waals surface area contributed by atoms with Gasteiger partial charge in [-0.15, -0.1) is 0 Å². The van der Waals surface area contributed by atoms with Crippen LogP contribution < -0.4 is 5.32 Å². The number of aromatic amines is 1. The number of aromatic nitrogens is 2. The molecule has 2 N–H and O–H groups in total. The summed E-state index contributed by atoms with van der Waals surface area (Å²) in [5, 5.41) is 2.90. The van der Waals surface area contributed by atoms with Crippen molar-refractivity contribution in [2.45, 2.75) is 39.3 Å². The van der Waals surface area contributed by atoms with E-state index in [-0.39, 0.29) is 17.3 Å². The summed E-state index contributed by atoms with van der Waals surface area (Å²) in [7, 11) is 0. The number of carbonyl (C=O) groups is 1. The Balaban J connectivity index is 2.16. The molecule has 0 saturated carbocycles.